The number of fused-ring (bicyclic) bond motifs is 1. The minimum atomic E-state index is -4.90. The Hall–Kier alpha value is -5.14. The fourth-order valence-electron chi connectivity index (χ4n) is 3.62. The Morgan fingerprint density at radius 2 is 1.62 bits per heavy atom. The van der Waals surface area contributed by atoms with Crippen molar-refractivity contribution >= 4 is 39.8 Å². The Bertz CT molecular complexity index is 1550. The van der Waals surface area contributed by atoms with Crippen LogP contribution < -0.4 is 20.7 Å². The number of alkyl halides is 3. The van der Waals surface area contributed by atoms with Crippen LogP contribution in [0.15, 0.2) is 71.1 Å². The van der Waals surface area contributed by atoms with Crippen molar-refractivity contribution in [2.75, 3.05) is 18.5 Å². The number of carbonyl (C=O) groups excluding carboxylic acids is 2. The van der Waals surface area contributed by atoms with Gasteiger partial charge < -0.3 is 25.1 Å². The normalized spacial score (nSPS) is 11.2. The highest BCUT2D eigenvalue weighted by molar-refractivity contribution is 6.35. The summed E-state index contributed by atoms with van der Waals surface area (Å²) in [4.78, 5) is 33.8. The molecule has 0 unspecified atom stereocenters. The summed E-state index contributed by atoms with van der Waals surface area (Å²) in [7, 11) is 0. The number of furan rings is 1. The van der Waals surface area contributed by atoms with Crippen molar-refractivity contribution < 1.29 is 41.2 Å². The molecule has 1 aromatic heterocycles. The smallest absolute Gasteiger partial charge is 0.423 e. The molecule has 0 atom stereocenters. The molecule has 2 amide bonds. The molecule has 3 N–H and O–H groups in total. The van der Waals surface area contributed by atoms with Crippen LogP contribution in [0.5, 0.6) is 5.75 Å². The van der Waals surface area contributed by atoms with Gasteiger partial charge in [-0.05, 0) is 60.7 Å². The van der Waals surface area contributed by atoms with Gasteiger partial charge in [0.05, 0.1) is 18.0 Å². The first-order valence-electron chi connectivity index (χ1n) is 11.6. The molecule has 0 saturated heterocycles. The van der Waals surface area contributed by atoms with Crippen LogP contribution in [-0.2, 0) is 22.3 Å². The van der Waals surface area contributed by atoms with Gasteiger partial charge in [-0.3, -0.25) is 19.7 Å². The molecule has 14 heteroatoms. The molecule has 0 radical (unpaired) electrons. The van der Waals surface area contributed by atoms with E-state index in [1.54, 1.807) is 6.07 Å². The van der Waals surface area contributed by atoms with Gasteiger partial charge in [0.2, 0.25) is 0 Å². The highest BCUT2D eigenvalue weighted by Gasteiger charge is 2.38. The lowest BCUT2D eigenvalue weighted by Crippen LogP contribution is -2.41. The summed E-state index contributed by atoms with van der Waals surface area (Å²) in [6.45, 7) is -0.0613. The van der Waals surface area contributed by atoms with E-state index in [0.29, 0.717) is 34.2 Å². The lowest BCUT2D eigenvalue weighted by molar-refractivity contribution is -0.388. The van der Waals surface area contributed by atoms with Crippen LogP contribution in [0.25, 0.3) is 11.0 Å². The first-order valence-corrected chi connectivity index (χ1v) is 11.6. The Morgan fingerprint density at radius 3 is 2.33 bits per heavy atom. The predicted octanol–water partition coefficient (Wildman–Crippen LogP) is 5.05. The maximum atomic E-state index is 13.3. The molecule has 1 heterocycles. The summed E-state index contributed by atoms with van der Waals surface area (Å²) in [5.74, 6) is -1.50. The summed E-state index contributed by atoms with van der Waals surface area (Å²) in [5.41, 5.74) is -1.58. The van der Waals surface area contributed by atoms with Gasteiger partial charge in [0, 0.05) is 22.8 Å². The number of carbonyl (C=O) groups is 2. The maximum absolute atomic E-state index is 13.3. The second kappa shape index (κ2) is 11.7. The number of nitrogens with one attached hydrogen (secondary N) is 3. The standard InChI is InChI=1S/C26H20F4N4O6/c27-16-1-8-23-15(11-16)12-20(40-23)14-32-25(36)24(35)31-9-10-39-19-5-2-17(3-6-19)33-18-4-7-22(34(37)38)21(13-18)26(28,29)30/h1-8,11-13,33H,9-10,14H2,(H,31,35)(H,32,36). The van der Waals surface area contributed by atoms with Gasteiger partial charge in [-0.2, -0.15) is 13.2 Å². The van der Waals surface area contributed by atoms with Crippen LogP contribution in [0.1, 0.15) is 11.3 Å². The minimum absolute atomic E-state index is 0.000810. The van der Waals surface area contributed by atoms with Crippen molar-refractivity contribution in [3.63, 3.8) is 0 Å². The number of anilines is 2. The molecule has 0 aliphatic rings. The van der Waals surface area contributed by atoms with Gasteiger partial charge in [-0.15, -0.1) is 0 Å². The Morgan fingerprint density at radius 1 is 0.925 bits per heavy atom. The van der Waals surface area contributed by atoms with Gasteiger partial charge in [-0.25, -0.2) is 4.39 Å². The van der Waals surface area contributed by atoms with Gasteiger partial charge in [0.1, 0.15) is 35.1 Å². The summed E-state index contributed by atoms with van der Waals surface area (Å²) in [6.07, 6.45) is -4.90. The van der Waals surface area contributed by atoms with Crippen molar-refractivity contribution in [3.05, 3.63) is 94.0 Å². The molecule has 208 valence electrons. The van der Waals surface area contributed by atoms with Crippen molar-refractivity contribution in [3.8, 4) is 5.75 Å². The zero-order chi connectivity index (χ0) is 28.9. The van der Waals surface area contributed by atoms with E-state index in [9.17, 15) is 37.3 Å². The van der Waals surface area contributed by atoms with Gasteiger partial charge in [0.15, 0.2) is 0 Å². The van der Waals surface area contributed by atoms with Crippen molar-refractivity contribution in [2.24, 2.45) is 0 Å². The number of nitro groups is 1. The number of hydrogen-bond donors (Lipinski definition) is 3. The number of ether oxygens (including phenoxy) is 1. The van der Waals surface area contributed by atoms with Crippen LogP contribution in [-0.4, -0.2) is 29.9 Å². The Labute approximate surface area is 223 Å². The average molecular weight is 560 g/mol. The lowest BCUT2D eigenvalue weighted by Gasteiger charge is -2.12. The molecule has 0 bridgehead atoms. The van der Waals surface area contributed by atoms with Crippen LogP contribution in [0.2, 0.25) is 0 Å². The van der Waals surface area contributed by atoms with Crippen molar-refractivity contribution in [2.45, 2.75) is 12.7 Å². The summed E-state index contributed by atoms with van der Waals surface area (Å²) >= 11 is 0. The van der Waals surface area contributed by atoms with Crippen LogP contribution in [0.4, 0.5) is 34.6 Å². The van der Waals surface area contributed by atoms with Crippen LogP contribution in [0, 0.1) is 15.9 Å². The average Bonchev–Trinajstić information content (AvgIpc) is 3.32. The maximum Gasteiger partial charge on any atom is 0.423 e. The van der Waals surface area contributed by atoms with E-state index in [1.165, 1.54) is 42.5 Å². The number of nitro benzene ring substituents is 1. The molecule has 4 aromatic rings. The van der Waals surface area contributed by atoms with Crippen molar-refractivity contribution in [1.82, 2.24) is 10.6 Å². The Balaban J connectivity index is 1.21. The zero-order valence-corrected chi connectivity index (χ0v) is 20.4. The molecular weight excluding hydrogens is 540 g/mol. The molecule has 40 heavy (non-hydrogen) atoms. The highest BCUT2D eigenvalue weighted by Crippen LogP contribution is 2.38. The topological polar surface area (TPSA) is 136 Å². The second-order valence-corrected chi connectivity index (χ2v) is 8.32. The number of hydrogen-bond acceptors (Lipinski definition) is 7. The molecule has 0 fully saturated rings. The third-order valence-corrected chi connectivity index (χ3v) is 5.46. The number of amides is 2. The first-order chi connectivity index (χ1) is 19.0. The quantitative estimate of drug-likeness (QED) is 0.0857. The largest absolute Gasteiger partial charge is 0.492 e. The third-order valence-electron chi connectivity index (χ3n) is 5.46. The summed E-state index contributed by atoms with van der Waals surface area (Å²) in [5, 5.41) is 18.9. The second-order valence-electron chi connectivity index (χ2n) is 8.32. The molecule has 0 saturated carbocycles. The summed E-state index contributed by atoms with van der Waals surface area (Å²) < 4.78 is 63.7. The van der Waals surface area contributed by atoms with Gasteiger partial charge in [0.25, 0.3) is 5.69 Å². The van der Waals surface area contributed by atoms with E-state index < -0.39 is 40.0 Å². The molecule has 0 spiro atoms. The molecule has 10 nitrogen and oxygen atoms in total. The third kappa shape index (κ3) is 7.03. The highest BCUT2D eigenvalue weighted by atomic mass is 19.4. The van der Waals surface area contributed by atoms with E-state index in [2.05, 4.69) is 16.0 Å². The summed E-state index contributed by atoms with van der Waals surface area (Å²) in [6, 6.07) is 14.2. The monoisotopic (exact) mass is 560 g/mol. The van der Waals surface area contributed by atoms with E-state index >= 15 is 0 Å². The molecule has 3 aromatic carbocycles. The van der Waals surface area contributed by atoms with E-state index in [0.717, 1.165) is 12.1 Å². The number of rotatable bonds is 9. The van der Waals surface area contributed by atoms with E-state index in [-0.39, 0.29) is 25.4 Å². The van der Waals surface area contributed by atoms with Gasteiger partial charge >= 0.3 is 18.0 Å². The molecule has 4 rings (SSSR count). The molecular formula is C26H20F4N4O6. The molecule has 0 aliphatic carbocycles. The fraction of sp³-hybridized carbons (Fsp3) is 0.154. The van der Waals surface area contributed by atoms with Gasteiger partial charge in [-0.1, -0.05) is 0 Å². The SMILES string of the molecule is O=C(NCCOc1ccc(Nc2ccc([N+](=O)[O-])c(C(F)(F)F)c2)cc1)C(=O)NCc1cc2cc(F)ccc2o1. The van der Waals surface area contributed by atoms with Crippen LogP contribution in [0.3, 0.4) is 0 Å². The predicted molar refractivity (Wildman–Crippen MR) is 134 cm³/mol. The number of nitrogens with zero attached hydrogens (tertiary/aromatic N) is 1. The van der Waals surface area contributed by atoms with Crippen LogP contribution >= 0.6 is 0 Å². The minimum Gasteiger partial charge on any atom is -0.492 e. The molecule has 0 aliphatic heterocycles. The number of benzene rings is 3. The number of halogens is 4. The Kier molecular flexibility index (Phi) is 8.17. The van der Waals surface area contributed by atoms with E-state index in [1.807, 2.05) is 0 Å². The zero-order valence-electron chi connectivity index (χ0n) is 20.4. The fourth-order valence-corrected chi connectivity index (χ4v) is 3.62. The first kappa shape index (κ1) is 27.9. The van der Waals surface area contributed by atoms with Crippen molar-refractivity contribution in [1.29, 1.82) is 0 Å². The lowest BCUT2D eigenvalue weighted by atomic mass is 10.1. The van der Waals surface area contributed by atoms with E-state index in [4.69, 9.17) is 9.15 Å².